The Bertz CT molecular complexity index is 730. The standard InChI is InChI=1S/C23H35N3O5/c1-25-10-12-26(13-11-25)17-20(24)21(27)7-5-4-6-19-8-9-22(23(16-19)29-3)31-18-30-15-14-28-2/h4-9,16,20H,10-15,17-18,24H2,1-3H3. The molecule has 0 radical (unpaired) electrons. The van der Waals surface area contributed by atoms with Crippen LogP contribution in [0.25, 0.3) is 6.08 Å². The summed E-state index contributed by atoms with van der Waals surface area (Å²) in [5.41, 5.74) is 6.99. The summed E-state index contributed by atoms with van der Waals surface area (Å²) in [6.45, 7) is 5.60. The molecule has 1 aromatic carbocycles. The molecule has 1 saturated heterocycles. The van der Waals surface area contributed by atoms with Gasteiger partial charge in [-0.3, -0.25) is 9.69 Å². The SMILES string of the molecule is COCCOCOc1ccc(C=CC=CC(=O)C(N)CN2CCN(C)CC2)cc1OC. The van der Waals surface area contributed by atoms with E-state index < -0.39 is 6.04 Å². The third-order valence-corrected chi connectivity index (χ3v) is 4.99. The Hall–Kier alpha value is -2.23. The van der Waals surface area contributed by atoms with Crippen molar-refractivity contribution in [2.75, 3.05) is 74.0 Å². The lowest BCUT2D eigenvalue weighted by Gasteiger charge is -2.33. The third kappa shape index (κ3) is 9.20. The van der Waals surface area contributed by atoms with Crippen molar-refractivity contribution in [3.8, 4) is 11.5 Å². The van der Waals surface area contributed by atoms with Crippen LogP contribution < -0.4 is 15.2 Å². The van der Waals surface area contributed by atoms with Gasteiger partial charge in [-0.1, -0.05) is 24.3 Å². The number of hydrogen-bond donors (Lipinski definition) is 1. The Balaban J connectivity index is 1.81. The molecule has 1 aliphatic heterocycles. The number of methoxy groups -OCH3 is 2. The molecule has 0 amide bonds. The number of hydrogen-bond acceptors (Lipinski definition) is 8. The van der Waals surface area contributed by atoms with E-state index in [1.54, 1.807) is 20.3 Å². The van der Waals surface area contributed by atoms with E-state index in [0.29, 0.717) is 31.3 Å². The van der Waals surface area contributed by atoms with Crippen LogP contribution in [0, 0.1) is 0 Å². The molecule has 0 saturated carbocycles. The van der Waals surface area contributed by atoms with Crippen LogP contribution in [0.1, 0.15) is 5.56 Å². The number of allylic oxidation sites excluding steroid dienone is 2. The smallest absolute Gasteiger partial charge is 0.189 e. The van der Waals surface area contributed by atoms with Gasteiger partial charge in [0.05, 0.1) is 26.4 Å². The summed E-state index contributed by atoms with van der Waals surface area (Å²) in [6.07, 6.45) is 6.94. The Kier molecular flexibility index (Phi) is 11.3. The van der Waals surface area contributed by atoms with Crippen LogP contribution in [0.15, 0.2) is 36.4 Å². The lowest BCUT2D eigenvalue weighted by molar-refractivity contribution is -0.116. The monoisotopic (exact) mass is 433 g/mol. The van der Waals surface area contributed by atoms with E-state index in [1.165, 1.54) is 6.08 Å². The fourth-order valence-electron chi connectivity index (χ4n) is 3.05. The molecule has 0 aliphatic carbocycles. The molecule has 172 valence electrons. The second-order valence-corrected chi connectivity index (χ2v) is 7.40. The Labute approximate surface area is 185 Å². The van der Waals surface area contributed by atoms with Gasteiger partial charge in [-0.15, -0.1) is 0 Å². The first-order chi connectivity index (χ1) is 15.0. The lowest BCUT2D eigenvalue weighted by Crippen LogP contribution is -2.50. The largest absolute Gasteiger partial charge is 0.493 e. The summed E-state index contributed by atoms with van der Waals surface area (Å²) in [6, 6.07) is 5.07. The maximum absolute atomic E-state index is 12.3. The zero-order chi connectivity index (χ0) is 22.5. The number of piperazine rings is 1. The number of likely N-dealkylation sites (N-methyl/N-ethyl adjacent to an activating group) is 1. The maximum Gasteiger partial charge on any atom is 0.189 e. The van der Waals surface area contributed by atoms with E-state index in [-0.39, 0.29) is 12.6 Å². The number of rotatable bonds is 13. The van der Waals surface area contributed by atoms with Crippen molar-refractivity contribution in [2.24, 2.45) is 5.73 Å². The van der Waals surface area contributed by atoms with Crippen LogP contribution in [-0.4, -0.2) is 95.6 Å². The van der Waals surface area contributed by atoms with E-state index in [9.17, 15) is 4.79 Å². The first-order valence-electron chi connectivity index (χ1n) is 10.5. The van der Waals surface area contributed by atoms with Crippen LogP contribution in [-0.2, 0) is 14.3 Å². The number of ether oxygens (including phenoxy) is 4. The molecule has 1 aliphatic rings. The predicted molar refractivity (Wildman–Crippen MR) is 121 cm³/mol. The molecular formula is C23H35N3O5. The fourth-order valence-corrected chi connectivity index (χ4v) is 3.05. The van der Waals surface area contributed by atoms with E-state index in [2.05, 4.69) is 16.8 Å². The zero-order valence-electron chi connectivity index (χ0n) is 18.8. The summed E-state index contributed by atoms with van der Waals surface area (Å²) in [5, 5.41) is 0. The van der Waals surface area contributed by atoms with Crippen LogP contribution >= 0.6 is 0 Å². The van der Waals surface area contributed by atoms with Gasteiger partial charge in [-0.25, -0.2) is 0 Å². The van der Waals surface area contributed by atoms with Crippen molar-refractivity contribution in [2.45, 2.75) is 6.04 Å². The van der Waals surface area contributed by atoms with Gasteiger partial charge in [0, 0.05) is 39.8 Å². The molecule has 1 atom stereocenters. The average molecular weight is 434 g/mol. The highest BCUT2D eigenvalue weighted by Crippen LogP contribution is 2.28. The third-order valence-electron chi connectivity index (χ3n) is 4.99. The number of carbonyl (C=O) groups is 1. The Morgan fingerprint density at radius 3 is 2.61 bits per heavy atom. The second-order valence-electron chi connectivity index (χ2n) is 7.40. The van der Waals surface area contributed by atoms with Crippen molar-refractivity contribution < 1.29 is 23.7 Å². The van der Waals surface area contributed by atoms with Gasteiger partial charge in [0.1, 0.15) is 0 Å². The molecule has 8 nitrogen and oxygen atoms in total. The van der Waals surface area contributed by atoms with Crippen molar-refractivity contribution in [3.63, 3.8) is 0 Å². The minimum Gasteiger partial charge on any atom is -0.493 e. The molecule has 0 aromatic heterocycles. The van der Waals surface area contributed by atoms with Gasteiger partial charge in [0.2, 0.25) is 0 Å². The summed E-state index contributed by atoms with van der Waals surface area (Å²) >= 11 is 0. The zero-order valence-corrected chi connectivity index (χ0v) is 18.8. The summed E-state index contributed by atoms with van der Waals surface area (Å²) < 4.78 is 21.2. The lowest BCUT2D eigenvalue weighted by atomic mass is 10.1. The number of carbonyl (C=O) groups excluding carboxylic acids is 1. The molecule has 2 N–H and O–H groups in total. The van der Waals surface area contributed by atoms with Crippen molar-refractivity contribution in [3.05, 3.63) is 42.0 Å². The van der Waals surface area contributed by atoms with E-state index >= 15 is 0 Å². The molecule has 1 unspecified atom stereocenters. The topological polar surface area (TPSA) is 86.5 Å². The first-order valence-corrected chi connectivity index (χ1v) is 10.5. The minimum absolute atomic E-state index is 0.0709. The number of benzene rings is 1. The molecule has 8 heteroatoms. The fraction of sp³-hybridized carbons (Fsp3) is 0.522. The average Bonchev–Trinajstić information content (AvgIpc) is 2.78. The van der Waals surface area contributed by atoms with Gasteiger partial charge in [0.15, 0.2) is 24.1 Å². The van der Waals surface area contributed by atoms with E-state index in [1.807, 2.05) is 30.4 Å². The Morgan fingerprint density at radius 2 is 1.90 bits per heavy atom. The number of nitrogens with two attached hydrogens (primary N) is 1. The van der Waals surface area contributed by atoms with Crippen LogP contribution in [0.3, 0.4) is 0 Å². The van der Waals surface area contributed by atoms with Crippen molar-refractivity contribution in [1.82, 2.24) is 9.80 Å². The molecule has 1 heterocycles. The van der Waals surface area contributed by atoms with Gasteiger partial charge in [0.25, 0.3) is 0 Å². The summed E-state index contributed by atoms with van der Waals surface area (Å²) in [4.78, 5) is 16.8. The Morgan fingerprint density at radius 1 is 1.13 bits per heavy atom. The first kappa shape index (κ1) is 25.0. The highest BCUT2D eigenvalue weighted by Gasteiger charge is 2.19. The predicted octanol–water partition coefficient (Wildman–Crippen LogP) is 1.41. The minimum atomic E-state index is -0.504. The normalized spacial score (nSPS) is 16.8. The summed E-state index contributed by atoms with van der Waals surface area (Å²) in [5.74, 6) is 1.13. The highest BCUT2D eigenvalue weighted by atomic mass is 16.7. The van der Waals surface area contributed by atoms with Crippen molar-refractivity contribution in [1.29, 1.82) is 0 Å². The maximum atomic E-state index is 12.3. The van der Waals surface area contributed by atoms with E-state index in [0.717, 1.165) is 31.7 Å². The summed E-state index contributed by atoms with van der Waals surface area (Å²) in [7, 11) is 5.31. The van der Waals surface area contributed by atoms with Crippen LogP contribution in [0.4, 0.5) is 0 Å². The van der Waals surface area contributed by atoms with Gasteiger partial charge >= 0.3 is 0 Å². The van der Waals surface area contributed by atoms with Crippen LogP contribution in [0.2, 0.25) is 0 Å². The molecule has 0 spiro atoms. The molecule has 1 aromatic rings. The number of ketones is 1. The highest BCUT2D eigenvalue weighted by molar-refractivity contribution is 5.94. The quantitative estimate of drug-likeness (QED) is 0.216. The van der Waals surface area contributed by atoms with Gasteiger partial charge in [-0.05, 0) is 30.8 Å². The van der Waals surface area contributed by atoms with Gasteiger partial charge < -0.3 is 29.6 Å². The number of nitrogens with zero attached hydrogens (tertiary/aromatic N) is 2. The molecule has 0 bridgehead atoms. The molecule has 31 heavy (non-hydrogen) atoms. The van der Waals surface area contributed by atoms with Gasteiger partial charge in [-0.2, -0.15) is 0 Å². The van der Waals surface area contributed by atoms with Crippen LogP contribution in [0.5, 0.6) is 11.5 Å². The second kappa shape index (κ2) is 14.0. The molecule has 1 fully saturated rings. The van der Waals surface area contributed by atoms with E-state index in [4.69, 9.17) is 24.7 Å². The van der Waals surface area contributed by atoms with Crippen molar-refractivity contribution >= 4 is 11.9 Å². The molecular weight excluding hydrogens is 398 g/mol. The molecule has 2 rings (SSSR count).